The predicted molar refractivity (Wildman–Crippen MR) is 133 cm³/mol. The van der Waals surface area contributed by atoms with Gasteiger partial charge in [0.15, 0.2) is 11.5 Å². The van der Waals surface area contributed by atoms with Gasteiger partial charge in [0, 0.05) is 0 Å². The molecule has 0 aromatic heterocycles. The molecule has 3 rings (SSSR count). The second kappa shape index (κ2) is 11.7. The van der Waals surface area contributed by atoms with E-state index in [1.165, 1.54) is 38.5 Å². The van der Waals surface area contributed by atoms with E-state index in [1.807, 2.05) is 13.8 Å². The fourth-order valence-corrected chi connectivity index (χ4v) is 5.12. The zero-order valence-corrected chi connectivity index (χ0v) is 22.0. The highest BCUT2D eigenvalue weighted by Crippen LogP contribution is 2.36. The molecule has 0 aliphatic carbocycles. The lowest BCUT2D eigenvalue weighted by molar-refractivity contribution is 0.0870. The monoisotopic (exact) mass is 536 g/mol. The van der Waals surface area contributed by atoms with Crippen molar-refractivity contribution in [2.24, 2.45) is 0 Å². The quantitative estimate of drug-likeness (QED) is 0.318. The normalized spacial score (nSPS) is 12.7. The van der Waals surface area contributed by atoms with E-state index in [9.17, 15) is 16.8 Å². The minimum Gasteiger partial charge on any atom is -0.493 e. The number of hydrogen-bond acceptors (Lipinski definition) is 9. The summed E-state index contributed by atoms with van der Waals surface area (Å²) >= 11 is 0. The second-order valence-electron chi connectivity index (χ2n) is 7.84. The van der Waals surface area contributed by atoms with Crippen LogP contribution >= 0.6 is 0 Å². The Morgan fingerprint density at radius 2 is 1.19 bits per heavy atom. The first kappa shape index (κ1) is 27.5. The van der Waals surface area contributed by atoms with Gasteiger partial charge in [0.05, 0.1) is 30.6 Å². The van der Waals surface area contributed by atoms with E-state index in [0.29, 0.717) is 5.75 Å². The predicted octanol–water partition coefficient (Wildman–Crippen LogP) is 3.88. The average molecular weight is 537 g/mol. The summed E-state index contributed by atoms with van der Waals surface area (Å²) < 4.78 is 78.0. The lowest BCUT2D eigenvalue weighted by Gasteiger charge is -2.20. The van der Waals surface area contributed by atoms with Crippen molar-refractivity contribution in [3.63, 3.8) is 0 Å². The summed E-state index contributed by atoms with van der Waals surface area (Å²) in [6.45, 7) is 2.66. The third-order valence-electron chi connectivity index (χ3n) is 5.08. The molecule has 11 heteroatoms. The molecule has 0 bridgehead atoms. The van der Waals surface area contributed by atoms with Crippen LogP contribution in [-0.2, 0) is 28.6 Å². The molecule has 0 unspecified atom stereocenters. The molecule has 3 aromatic carbocycles. The molecule has 0 saturated heterocycles. The van der Waals surface area contributed by atoms with E-state index in [-0.39, 0.29) is 27.9 Å². The van der Waals surface area contributed by atoms with E-state index in [0.717, 1.165) is 11.1 Å². The summed E-state index contributed by atoms with van der Waals surface area (Å²) in [6.07, 6.45) is -1.31. The van der Waals surface area contributed by atoms with Gasteiger partial charge in [-0.3, -0.25) is 8.37 Å². The molecule has 0 radical (unpaired) electrons. The fraction of sp³-hybridized carbons (Fsp3) is 0.280. The molecule has 194 valence electrons. The summed E-state index contributed by atoms with van der Waals surface area (Å²) in [5.41, 5.74) is 1.74. The van der Waals surface area contributed by atoms with Crippen molar-refractivity contribution in [1.82, 2.24) is 0 Å². The molecule has 36 heavy (non-hydrogen) atoms. The molecule has 0 aliphatic heterocycles. The maximum atomic E-state index is 12.9. The van der Waals surface area contributed by atoms with Crippen LogP contribution in [0.25, 0.3) is 0 Å². The summed E-state index contributed by atoms with van der Waals surface area (Å²) in [4.78, 5) is -0.151. The first-order chi connectivity index (χ1) is 17.1. The van der Waals surface area contributed by atoms with Gasteiger partial charge in [-0.15, -0.1) is 0 Å². The van der Waals surface area contributed by atoms with Gasteiger partial charge in [0.2, 0.25) is 5.75 Å². The van der Waals surface area contributed by atoms with Gasteiger partial charge in [-0.25, -0.2) is 0 Å². The molecular weight excluding hydrogens is 508 g/mol. The van der Waals surface area contributed by atoms with Crippen LogP contribution in [0, 0.1) is 13.8 Å². The molecule has 0 fully saturated rings. The van der Waals surface area contributed by atoms with Crippen LogP contribution in [0.4, 0.5) is 0 Å². The van der Waals surface area contributed by atoms with E-state index >= 15 is 0 Å². The molecule has 1 atom stereocenters. The number of ether oxygens (including phenoxy) is 3. The Bertz CT molecular complexity index is 1370. The number of aryl methyl sites for hydroxylation is 2. The van der Waals surface area contributed by atoms with Gasteiger partial charge >= 0.3 is 0 Å². The third kappa shape index (κ3) is 6.97. The van der Waals surface area contributed by atoms with E-state index in [4.69, 9.17) is 22.6 Å². The maximum absolute atomic E-state index is 12.9. The standard InChI is InChI=1S/C25H28O9S2/c1-18-8-12-21(13-9-18)35(26,27)33-17-20(34-36(28,29)22-14-10-19(2)11-15-22)16-32-24-7-5-6-23(30-3)25(24)31-4/h5-15,20H,16-17H2,1-4H3/t20-/m0/s1. The summed E-state index contributed by atoms with van der Waals surface area (Å²) in [5.74, 6) is 0.936. The summed E-state index contributed by atoms with van der Waals surface area (Å²) in [5, 5.41) is 0. The van der Waals surface area contributed by atoms with Crippen LogP contribution in [0.5, 0.6) is 17.2 Å². The molecule has 0 aliphatic rings. The van der Waals surface area contributed by atoms with Crippen LogP contribution < -0.4 is 14.2 Å². The van der Waals surface area contributed by atoms with Crippen LogP contribution in [-0.4, -0.2) is 50.4 Å². The highest BCUT2D eigenvalue weighted by molar-refractivity contribution is 7.87. The number of rotatable bonds is 12. The van der Waals surface area contributed by atoms with Crippen molar-refractivity contribution in [2.75, 3.05) is 27.4 Å². The number of para-hydroxylation sites is 1. The first-order valence-corrected chi connectivity index (χ1v) is 13.7. The molecule has 9 nitrogen and oxygen atoms in total. The number of methoxy groups -OCH3 is 2. The molecule has 0 heterocycles. The molecule has 0 saturated carbocycles. The Morgan fingerprint density at radius 3 is 1.72 bits per heavy atom. The Hall–Kier alpha value is -3.12. The van der Waals surface area contributed by atoms with Gasteiger partial charge in [0.25, 0.3) is 20.2 Å². The zero-order valence-electron chi connectivity index (χ0n) is 20.3. The van der Waals surface area contributed by atoms with E-state index < -0.39 is 32.9 Å². The van der Waals surface area contributed by atoms with Crippen LogP contribution in [0.1, 0.15) is 11.1 Å². The minimum absolute atomic E-state index is 0.0661. The van der Waals surface area contributed by atoms with Crippen LogP contribution in [0.3, 0.4) is 0 Å². The SMILES string of the molecule is COc1cccc(OC[C@@H](COS(=O)(=O)c2ccc(C)cc2)OS(=O)(=O)c2ccc(C)cc2)c1OC. The third-order valence-corrected chi connectivity index (χ3v) is 7.75. The summed E-state index contributed by atoms with van der Waals surface area (Å²) in [7, 11) is -5.55. The van der Waals surface area contributed by atoms with E-state index in [2.05, 4.69) is 0 Å². The molecule has 0 N–H and O–H groups in total. The van der Waals surface area contributed by atoms with Crippen LogP contribution in [0.15, 0.2) is 76.5 Å². The van der Waals surface area contributed by atoms with Crippen molar-refractivity contribution in [3.8, 4) is 17.2 Å². The molecule has 3 aromatic rings. The van der Waals surface area contributed by atoms with Crippen molar-refractivity contribution < 1.29 is 39.4 Å². The largest absolute Gasteiger partial charge is 0.493 e. The van der Waals surface area contributed by atoms with Crippen molar-refractivity contribution in [3.05, 3.63) is 77.9 Å². The number of benzene rings is 3. The van der Waals surface area contributed by atoms with Gasteiger partial charge in [-0.1, -0.05) is 41.5 Å². The smallest absolute Gasteiger partial charge is 0.297 e. The molecule has 0 spiro atoms. The van der Waals surface area contributed by atoms with Gasteiger partial charge < -0.3 is 14.2 Å². The Balaban J connectivity index is 1.83. The molecule has 0 amide bonds. The lowest BCUT2D eigenvalue weighted by Crippen LogP contribution is -2.31. The Morgan fingerprint density at radius 1 is 0.667 bits per heavy atom. The Labute approximate surface area is 211 Å². The minimum atomic E-state index is -4.26. The lowest BCUT2D eigenvalue weighted by atomic mass is 10.2. The summed E-state index contributed by atoms with van der Waals surface area (Å²) in [6, 6.07) is 17.0. The zero-order chi connectivity index (χ0) is 26.3. The van der Waals surface area contributed by atoms with Gasteiger partial charge in [-0.05, 0) is 50.2 Å². The van der Waals surface area contributed by atoms with Crippen molar-refractivity contribution in [1.29, 1.82) is 0 Å². The maximum Gasteiger partial charge on any atom is 0.297 e. The first-order valence-electron chi connectivity index (χ1n) is 10.9. The average Bonchev–Trinajstić information content (AvgIpc) is 2.85. The van der Waals surface area contributed by atoms with E-state index in [1.54, 1.807) is 42.5 Å². The number of hydrogen-bond donors (Lipinski definition) is 0. The van der Waals surface area contributed by atoms with Gasteiger partial charge in [-0.2, -0.15) is 16.8 Å². The topological polar surface area (TPSA) is 114 Å². The highest BCUT2D eigenvalue weighted by atomic mass is 32.2. The molecular formula is C25H28O9S2. The second-order valence-corrected chi connectivity index (χ2v) is 11.0. The van der Waals surface area contributed by atoms with Crippen molar-refractivity contribution in [2.45, 2.75) is 29.7 Å². The fourth-order valence-electron chi connectivity index (χ4n) is 3.14. The van der Waals surface area contributed by atoms with Gasteiger partial charge in [0.1, 0.15) is 12.7 Å². The highest BCUT2D eigenvalue weighted by Gasteiger charge is 2.26. The van der Waals surface area contributed by atoms with Crippen LogP contribution in [0.2, 0.25) is 0 Å². The Kier molecular flexibility index (Phi) is 8.96. The van der Waals surface area contributed by atoms with Crippen molar-refractivity contribution >= 4 is 20.2 Å².